The average molecular weight is 537 g/mol. The highest BCUT2D eigenvalue weighted by molar-refractivity contribution is 5.85. The van der Waals surface area contributed by atoms with E-state index in [9.17, 15) is 19.5 Å². The molecule has 200 valence electrons. The van der Waals surface area contributed by atoms with E-state index < -0.39 is 17.4 Å². The molecule has 1 amide bonds. The standard InChI is InChI=1S/C29H32N4O4.ClH/c1-30(19-24(34)20-33-28(36)25-15-9-10-16-26(25)31(2)29(33)37)21-27(35)32(17-22-11-5-3-6-12-22)18-23-13-7-4-8-14-23;/h3-16,24,34H,17-21H2,1-2H3;1H. The molecule has 0 fully saturated rings. The summed E-state index contributed by atoms with van der Waals surface area (Å²) in [4.78, 5) is 42.5. The number of aryl methyl sites for hydroxylation is 1. The number of rotatable bonds is 10. The number of amides is 1. The Labute approximate surface area is 227 Å². The van der Waals surface area contributed by atoms with Crippen LogP contribution in [0, 0.1) is 0 Å². The van der Waals surface area contributed by atoms with Crippen molar-refractivity contribution in [3.63, 3.8) is 0 Å². The van der Waals surface area contributed by atoms with Gasteiger partial charge in [0.2, 0.25) is 5.91 Å². The number of halogens is 1. The maximum atomic E-state index is 13.3. The molecule has 1 aromatic heterocycles. The Kier molecular flexibility index (Phi) is 10.0. The lowest BCUT2D eigenvalue weighted by atomic mass is 10.1. The molecule has 0 bridgehead atoms. The summed E-state index contributed by atoms with van der Waals surface area (Å²) in [6.45, 7) is 0.980. The Morgan fingerprint density at radius 1 is 0.868 bits per heavy atom. The first-order chi connectivity index (χ1) is 17.8. The van der Waals surface area contributed by atoms with E-state index in [4.69, 9.17) is 0 Å². The lowest BCUT2D eigenvalue weighted by molar-refractivity contribution is -0.133. The number of carbonyl (C=O) groups is 1. The fourth-order valence-corrected chi connectivity index (χ4v) is 4.49. The fraction of sp³-hybridized carbons (Fsp3) is 0.276. The van der Waals surface area contributed by atoms with Gasteiger partial charge in [-0.2, -0.15) is 0 Å². The van der Waals surface area contributed by atoms with Crippen LogP contribution in [0.3, 0.4) is 0 Å². The second-order valence-corrected chi connectivity index (χ2v) is 9.35. The third-order valence-electron chi connectivity index (χ3n) is 6.36. The topological polar surface area (TPSA) is 87.8 Å². The number of likely N-dealkylation sites (N-methyl/N-ethyl adjacent to an activating group) is 1. The van der Waals surface area contributed by atoms with Gasteiger partial charge in [0.15, 0.2) is 0 Å². The lowest BCUT2D eigenvalue weighted by Crippen LogP contribution is -2.45. The number of aromatic nitrogens is 2. The van der Waals surface area contributed by atoms with Crippen LogP contribution < -0.4 is 11.2 Å². The maximum Gasteiger partial charge on any atom is 0.331 e. The van der Waals surface area contributed by atoms with Gasteiger partial charge in [0.25, 0.3) is 5.56 Å². The molecule has 1 atom stereocenters. The monoisotopic (exact) mass is 536 g/mol. The van der Waals surface area contributed by atoms with Crippen LogP contribution >= 0.6 is 12.4 Å². The lowest BCUT2D eigenvalue weighted by Gasteiger charge is -2.27. The zero-order valence-electron chi connectivity index (χ0n) is 21.6. The number of hydrogen-bond acceptors (Lipinski definition) is 5. The normalized spacial score (nSPS) is 11.8. The molecule has 8 nitrogen and oxygen atoms in total. The zero-order chi connectivity index (χ0) is 26.4. The Balaban J connectivity index is 0.00000400. The molecule has 1 heterocycles. The Morgan fingerprint density at radius 3 is 1.97 bits per heavy atom. The molecule has 3 aromatic carbocycles. The first-order valence-corrected chi connectivity index (χ1v) is 12.2. The van der Waals surface area contributed by atoms with Crippen molar-refractivity contribution in [3.05, 3.63) is 117 Å². The van der Waals surface area contributed by atoms with Crippen LogP contribution in [-0.2, 0) is 31.5 Å². The summed E-state index contributed by atoms with van der Waals surface area (Å²) in [5, 5.41) is 11.1. The summed E-state index contributed by atoms with van der Waals surface area (Å²) >= 11 is 0. The Bertz CT molecular complexity index is 1430. The van der Waals surface area contributed by atoms with E-state index in [1.165, 1.54) is 4.57 Å². The first-order valence-electron chi connectivity index (χ1n) is 12.2. The highest BCUT2D eigenvalue weighted by Gasteiger charge is 2.20. The quantitative estimate of drug-likeness (QED) is 0.337. The number of nitrogens with zero attached hydrogens (tertiary/aromatic N) is 4. The molecule has 4 rings (SSSR count). The van der Waals surface area contributed by atoms with Crippen molar-refractivity contribution in [2.75, 3.05) is 20.1 Å². The van der Waals surface area contributed by atoms with Crippen LogP contribution in [0.25, 0.3) is 10.9 Å². The minimum Gasteiger partial charge on any atom is -0.390 e. The molecule has 0 aliphatic rings. The van der Waals surface area contributed by atoms with Crippen molar-refractivity contribution in [1.82, 2.24) is 18.9 Å². The van der Waals surface area contributed by atoms with Crippen molar-refractivity contribution in [3.8, 4) is 0 Å². The molecular formula is C29H33ClN4O4. The van der Waals surface area contributed by atoms with Crippen molar-refractivity contribution in [2.45, 2.75) is 25.7 Å². The van der Waals surface area contributed by atoms with Crippen LogP contribution in [0.1, 0.15) is 11.1 Å². The van der Waals surface area contributed by atoms with E-state index in [-0.39, 0.29) is 37.9 Å². The number of aliphatic hydroxyl groups is 1. The van der Waals surface area contributed by atoms with Crippen molar-refractivity contribution >= 4 is 29.2 Å². The number of aliphatic hydroxyl groups excluding tert-OH is 1. The maximum absolute atomic E-state index is 13.3. The minimum absolute atomic E-state index is 0. The van der Waals surface area contributed by atoms with Gasteiger partial charge < -0.3 is 10.0 Å². The second-order valence-electron chi connectivity index (χ2n) is 9.35. The molecule has 0 saturated heterocycles. The van der Waals surface area contributed by atoms with Crippen molar-refractivity contribution in [2.24, 2.45) is 7.05 Å². The van der Waals surface area contributed by atoms with Gasteiger partial charge in [-0.15, -0.1) is 12.4 Å². The van der Waals surface area contributed by atoms with Crippen LogP contribution in [0.2, 0.25) is 0 Å². The van der Waals surface area contributed by atoms with Gasteiger partial charge in [-0.05, 0) is 30.3 Å². The Hall–Kier alpha value is -3.72. The van der Waals surface area contributed by atoms with Gasteiger partial charge in [0.05, 0.1) is 30.1 Å². The molecule has 0 saturated carbocycles. The predicted molar refractivity (Wildman–Crippen MR) is 151 cm³/mol. The third-order valence-corrected chi connectivity index (χ3v) is 6.36. The molecule has 1 N–H and O–H groups in total. The number of benzene rings is 3. The Morgan fingerprint density at radius 2 is 1.39 bits per heavy atom. The molecule has 1 unspecified atom stereocenters. The van der Waals surface area contributed by atoms with Gasteiger partial charge in [-0.3, -0.25) is 23.6 Å². The molecule has 4 aromatic rings. The van der Waals surface area contributed by atoms with E-state index in [1.807, 2.05) is 60.7 Å². The van der Waals surface area contributed by atoms with Crippen molar-refractivity contribution < 1.29 is 9.90 Å². The van der Waals surface area contributed by atoms with Crippen LogP contribution in [0.4, 0.5) is 0 Å². The fourth-order valence-electron chi connectivity index (χ4n) is 4.49. The number of hydrogen-bond donors (Lipinski definition) is 1. The molecule has 38 heavy (non-hydrogen) atoms. The smallest absolute Gasteiger partial charge is 0.331 e. The van der Waals surface area contributed by atoms with E-state index in [2.05, 4.69) is 0 Å². The molecule has 9 heteroatoms. The van der Waals surface area contributed by atoms with E-state index in [0.29, 0.717) is 24.0 Å². The van der Waals surface area contributed by atoms with Gasteiger partial charge in [0, 0.05) is 26.7 Å². The van der Waals surface area contributed by atoms with Gasteiger partial charge in [0.1, 0.15) is 0 Å². The summed E-state index contributed by atoms with van der Waals surface area (Å²) in [5.74, 6) is -0.0822. The third kappa shape index (κ3) is 6.98. The van der Waals surface area contributed by atoms with Crippen LogP contribution in [-0.4, -0.2) is 56.2 Å². The zero-order valence-corrected chi connectivity index (χ0v) is 22.4. The molecule has 0 aliphatic carbocycles. The first kappa shape index (κ1) is 28.8. The summed E-state index contributed by atoms with van der Waals surface area (Å²) in [6.07, 6.45) is -1.01. The van der Waals surface area contributed by atoms with E-state index in [0.717, 1.165) is 15.7 Å². The molecule has 0 aliphatic heterocycles. The van der Waals surface area contributed by atoms with E-state index in [1.54, 1.807) is 48.2 Å². The highest BCUT2D eigenvalue weighted by Crippen LogP contribution is 2.11. The molecular weight excluding hydrogens is 504 g/mol. The summed E-state index contributed by atoms with van der Waals surface area (Å²) < 4.78 is 2.46. The van der Waals surface area contributed by atoms with E-state index >= 15 is 0 Å². The molecule has 0 spiro atoms. The van der Waals surface area contributed by atoms with Crippen LogP contribution in [0.15, 0.2) is 94.5 Å². The summed E-state index contributed by atoms with van der Waals surface area (Å²) in [5.41, 5.74) is 1.68. The largest absolute Gasteiger partial charge is 0.390 e. The van der Waals surface area contributed by atoms with Crippen LogP contribution in [0.5, 0.6) is 0 Å². The number of para-hydroxylation sites is 1. The second kappa shape index (κ2) is 13.2. The number of fused-ring (bicyclic) bond motifs is 1. The van der Waals surface area contributed by atoms with Gasteiger partial charge in [-0.1, -0.05) is 72.8 Å². The summed E-state index contributed by atoms with van der Waals surface area (Å²) in [7, 11) is 3.34. The summed E-state index contributed by atoms with van der Waals surface area (Å²) in [6, 6.07) is 26.5. The average Bonchev–Trinajstić information content (AvgIpc) is 2.90. The highest BCUT2D eigenvalue weighted by atomic mass is 35.5. The number of carbonyl (C=O) groups excluding carboxylic acids is 1. The van der Waals surface area contributed by atoms with Crippen molar-refractivity contribution in [1.29, 1.82) is 0 Å². The molecule has 0 radical (unpaired) electrons. The minimum atomic E-state index is -1.01. The van der Waals surface area contributed by atoms with Gasteiger partial charge >= 0.3 is 5.69 Å². The SMILES string of the molecule is CN(CC(=O)N(Cc1ccccc1)Cc1ccccc1)CC(O)Cn1c(=O)c2ccccc2n(C)c1=O.Cl. The predicted octanol–water partition coefficient (Wildman–Crippen LogP) is 2.64. The van der Waals surface area contributed by atoms with Gasteiger partial charge in [-0.25, -0.2) is 4.79 Å².